The molecule has 2 heterocycles. The van der Waals surface area contributed by atoms with E-state index >= 15 is 0 Å². The highest BCUT2D eigenvalue weighted by molar-refractivity contribution is 7.89. The Balaban J connectivity index is 1.72. The molecule has 0 spiro atoms. The predicted molar refractivity (Wildman–Crippen MR) is 119 cm³/mol. The summed E-state index contributed by atoms with van der Waals surface area (Å²) in [6, 6.07) is 3.50. The molecule has 0 aliphatic carbocycles. The zero-order valence-electron chi connectivity index (χ0n) is 19.5. The minimum absolute atomic E-state index is 0.115. The number of benzene rings is 1. The van der Waals surface area contributed by atoms with Crippen molar-refractivity contribution in [2.24, 2.45) is 0 Å². The number of amides is 1. The van der Waals surface area contributed by atoms with Gasteiger partial charge in [0.05, 0.1) is 45.9 Å². The quantitative estimate of drug-likeness (QED) is 0.559. The first kappa shape index (κ1) is 24.8. The zero-order chi connectivity index (χ0) is 24.2. The van der Waals surface area contributed by atoms with Crippen LogP contribution in [-0.4, -0.2) is 76.0 Å². The Morgan fingerprint density at radius 3 is 2.24 bits per heavy atom. The molecule has 1 aliphatic heterocycles. The number of hydrogen-bond acceptors (Lipinski definition) is 8. The molecule has 3 rings (SSSR count). The molecule has 0 unspecified atom stereocenters. The first-order valence-corrected chi connectivity index (χ1v) is 11.8. The van der Waals surface area contributed by atoms with Crippen LogP contribution in [0, 0.1) is 13.8 Å². The lowest BCUT2D eigenvalue weighted by molar-refractivity contribution is -0.122. The summed E-state index contributed by atoms with van der Waals surface area (Å²) in [6.07, 6.45) is 0. The minimum Gasteiger partial charge on any atom is -0.493 e. The standard InChI is InChI=1S/C21H30N4O7S/c1-14-21(33(27,28)24-6-8-32-9-7-24)15(2)25(23-14)13-19(26)22-12-16-10-17(29-3)20(31-5)18(11-16)30-4/h10-11H,6-9,12-13H2,1-5H3,(H,22,26). The van der Waals surface area contributed by atoms with Crippen molar-refractivity contribution in [1.29, 1.82) is 0 Å². The molecule has 1 amide bonds. The predicted octanol–water partition coefficient (Wildman–Crippen LogP) is 0.863. The summed E-state index contributed by atoms with van der Waals surface area (Å²) in [6.45, 7) is 4.68. The number of aryl methyl sites for hydroxylation is 1. The molecular formula is C21H30N4O7S. The van der Waals surface area contributed by atoms with Crippen molar-refractivity contribution >= 4 is 15.9 Å². The Hall–Kier alpha value is -2.83. The van der Waals surface area contributed by atoms with Gasteiger partial charge in [-0.3, -0.25) is 9.48 Å². The van der Waals surface area contributed by atoms with E-state index in [4.69, 9.17) is 18.9 Å². The average Bonchev–Trinajstić information content (AvgIpc) is 3.10. The van der Waals surface area contributed by atoms with Crippen LogP contribution in [-0.2, 0) is 32.6 Å². The van der Waals surface area contributed by atoms with Crippen LogP contribution >= 0.6 is 0 Å². The van der Waals surface area contributed by atoms with Crippen molar-refractivity contribution in [2.75, 3.05) is 47.6 Å². The number of carbonyl (C=O) groups is 1. The molecule has 182 valence electrons. The molecule has 0 radical (unpaired) electrons. The second kappa shape index (κ2) is 10.4. The van der Waals surface area contributed by atoms with Crippen LogP contribution < -0.4 is 19.5 Å². The number of sulfonamides is 1. The second-order valence-electron chi connectivity index (χ2n) is 7.48. The maximum absolute atomic E-state index is 13.1. The molecule has 12 heteroatoms. The van der Waals surface area contributed by atoms with Gasteiger partial charge in [-0.15, -0.1) is 0 Å². The first-order valence-electron chi connectivity index (χ1n) is 10.4. The summed E-state index contributed by atoms with van der Waals surface area (Å²) < 4.78 is 50.2. The van der Waals surface area contributed by atoms with Gasteiger partial charge in [-0.2, -0.15) is 9.40 Å². The molecule has 0 bridgehead atoms. The third-order valence-corrected chi connectivity index (χ3v) is 7.54. The third-order valence-electron chi connectivity index (χ3n) is 5.39. The maximum atomic E-state index is 13.1. The van der Waals surface area contributed by atoms with Gasteiger partial charge in [0.2, 0.25) is 21.7 Å². The van der Waals surface area contributed by atoms with Crippen molar-refractivity contribution in [3.05, 3.63) is 29.1 Å². The number of methoxy groups -OCH3 is 3. The fraction of sp³-hybridized carbons (Fsp3) is 0.524. The highest BCUT2D eigenvalue weighted by Gasteiger charge is 2.32. The van der Waals surface area contributed by atoms with E-state index in [2.05, 4.69) is 10.4 Å². The molecule has 1 aromatic heterocycles. The molecule has 33 heavy (non-hydrogen) atoms. The lowest BCUT2D eigenvalue weighted by atomic mass is 10.1. The summed E-state index contributed by atoms with van der Waals surface area (Å²) in [5.41, 5.74) is 1.53. The van der Waals surface area contributed by atoms with E-state index in [-0.39, 0.29) is 23.9 Å². The molecule has 1 aromatic carbocycles. The van der Waals surface area contributed by atoms with Crippen LogP contribution in [0.4, 0.5) is 0 Å². The van der Waals surface area contributed by atoms with Crippen LogP contribution in [0.1, 0.15) is 17.0 Å². The van der Waals surface area contributed by atoms with E-state index in [9.17, 15) is 13.2 Å². The molecule has 1 N–H and O–H groups in total. The van der Waals surface area contributed by atoms with Crippen molar-refractivity contribution in [2.45, 2.75) is 31.8 Å². The first-order chi connectivity index (χ1) is 15.7. The number of rotatable bonds is 9. The summed E-state index contributed by atoms with van der Waals surface area (Å²) in [7, 11) is 0.838. The normalized spacial score (nSPS) is 14.7. The summed E-state index contributed by atoms with van der Waals surface area (Å²) in [5, 5.41) is 7.12. The van der Waals surface area contributed by atoms with E-state index in [1.807, 2.05) is 0 Å². The van der Waals surface area contributed by atoms with Crippen LogP contribution in [0.25, 0.3) is 0 Å². The van der Waals surface area contributed by atoms with Crippen molar-refractivity contribution in [3.8, 4) is 17.2 Å². The zero-order valence-corrected chi connectivity index (χ0v) is 20.3. The van der Waals surface area contributed by atoms with Crippen LogP contribution in [0.2, 0.25) is 0 Å². The molecule has 11 nitrogen and oxygen atoms in total. The Bertz CT molecular complexity index is 1080. The van der Waals surface area contributed by atoms with Gasteiger partial charge in [0.1, 0.15) is 11.4 Å². The monoisotopic (exact) mass is 482 g/mol. The van der Waals surface area contributed by atoms with Gasteiger partial charge in [-0.1, -0.05) is 0 Å². The summed E-state index contributed by atoms with van der Waals surface area (Å²) in [5.74, 6) is 1.12. The highest BCUT2D eigenvalue weighted by atomic mass is 32.2. The molecule has 1 fully saturated rings. The number of carbonyl (C=O) groups excluding carboxylic acids is 1. The van der Waals surface area contributed by atoms with E-state index in [0.717, 1.165) is 5.56 Å². The third kappa shape index (κ3) is 5.23. The lowest BCUT2D eigenvalue weighted by Crippen LogP contribution is -2.41. The molecular weight excluding hydrogens is 452 g/mol. The van der Waals surface area contributed by atoms with E-state index in [0.29, 0.717) is 54.9 Å². The Kier molecular flexibility index (Phi) is 7.82. The van der Waals surface area contributed by atoms with Gasteiger partial charge in [0.15, 0.2) is 11.5 Å². The summed E-state index contributed by atoms with van der Waals surface area (Å²) >= 11 is 0. The smallest absolute Gasteiger partial charge is 0.246 e. The van der Waals surface area contributed by atoms with Crippen molar-refractivity contribution in [3.63, 3.8) is 0 Å². The van der Waals surface area contributed by atoms with Crippen molar-refractivity contribution < 1.29 is 32.2 Å². The maximum Gasteiger partial charge on any atom is 0.246 e. The number of aromatic nitrogens is 2. The molecule has 0 saturated carbocycles. The van der Waals surface area contributed by atoms with Crippen molar-refractivity contribution in [1.82, 2.24) is 19.4 Å². The van der Waals surface area contributed by atoms with Crippen LogP contribution in [0.5, 0.6) is 17.2 Å². The minimum atomic E-state index is -3.72. The molecule has 0 atom stereocenters. The van der Waals surface area contributed by atoms with Crippen LogP contribution in [0.3, 0.4) is 0 Å². The van der Waals surface area contributed by atoms with Gasteiger partial charge >= 0.3 is 0 Å². The SMILES string of the molecule is COc1cc(CNC(=O)Cn2nc(C)c(S(=O)(=O)N3CCOCC3)c2C)cc(OC)c1OC. The van der Waals surface area contributed by atoms with E-state index in [1.54, 1.807) is 26.0 Å². The Morgan fingerprint density at radius 1 is 1.09 bits per heavy atom. The Morgan fingerprint density at radius 2 is 1.70 bits per heavy atom. The Labute approximate surface area is 193 Å². The number of morpholine rings is 1. The second-order valence-corrected chi connectivity index (χ2v) is 9.36. The lowest BCUT2D eigenvalue weighted by Gasteiger charge is -2.26. The molecule has 1 aliphatic rings. The fourth-order valence-electron chi connectivity index (χ4n) is 3.75. The van der Waals surface area contributed by atoms with Crippen LogP contribution in [0.15, 0.2) is 17.0 Å². The number of nitrogens with one attached hydrogen (secondary N) is 1. The number of hydrogen-bond donors (Lipinski definition) is 1. The van der Waals surface area contributed by atoms with Gasteiger partial charge in [-0.05, 0) is 31.5 Å². The van der Waals surface area contributed by atoms with Gasteiger partial charge in [0.25, 0.3) is 0 Å². The molecule has 2 aromatic rings. The van der Waals surface area contributed by atoms with Gasteiger partial charge in [0, 0.05) is 19.6 Å². The largest absolute Gasteiger partial charge is 0.493 e. The van der Waals surface area contributed by atoms with E-state index in [1.165, 1.54) is 30.3 Å². The number of ether oxygens (including phenoxy) is 4. The molecule has 1 saturated heterocycles. The van der Waals surface area contributed by atoms with Gasteiger partial charge < -0.3 is 24.3 Å². The average molecular weight is 483 g/mol. The highest BCUT2D eigenvalue weighted by Crippen LogP contribution is 2.38. The fourth-order valence-corrected chi connectivity index (χ4v) is 5.53. The van der Waals surface area contributed by atoms with E-state index < -0.39 is 10.0 Å². The summed E-state index contributed by atoms with van der Waals surface area (Å²) in [4.78, 5) is 12.7. The van der Waals surface area contributed by atoms with Gasteiger partial charge in [-0.25, -0.2) is 8.42 Å². The number of nitrogens with zero attached hydrogens (tertiary/aromatic N) is 3. The topological polar surface area (TPSA) is 121 Å².